The van der Waals surface area contributed by atoms with Gasteiger partial charge in [0.15, 0.2) is 0 Å². The van der Waals surface area contributed by atoms with Crippen molar-refractivity contribution in [2.45, 2.75) is 26.8 Å². The molecule has 0 aromatic carbocycles. The first-order valence-electron chi connectivity index (χ1n) is 4.00. The van der Waals surface area contributed by atoms with Crippen molar-refractivity contribution < 1.29 is 26.7 Å². The second kappa shape index (κ2) is 5.25. The molecule has 0 aliphatic heterocycles. The molecule has 0 aliphatic carbocycles. The zero-order chi connectivity index (χ0) is 9.94. The van der Waals surface area contributed by atoms with E-state index in [4.69, 9.17) is 4.84 Å². The second-order valence-electron chi connectivity index (χ2n) is 3.69. The lowest BCUT2D eigenvalue weighted by Gasteiger charge is -2.29. The van der Waals surface area contributed by atoms with Gasteiger partial charge in [0.1, 0.15) is 20.1 Å². The van der Waals surface area contributed by atoms with Crippen LogP contribution in [0.25, 0.3) is 0 Å². The van der Waals surface area contributed by atoms with Crippen LogP contribution in [-0.4, -0.2) is 30.8 Å². The summed E-state index contributed by atoms with van der Waals surface area (Å²) in [5.41, 5.74) is 0.432. The molecule has 0 heterocycles. The summed E-state index contributed by atoms with van der Waals surface area (Å²) in [6.07, 6.45) is 0. The molecule has 0 aliphatic rings. The van der Waals surface area contributed by atoms with Crippen LogP contribution in [0.2, 0.25) is 0 Å². The van der Waals surface area contributed by atoms with E-state index in [1.54, 1.807) is 6.92 Å². The van der Waals surface area contributed by atoms with Gasteiger partial charge in [0.2, 0.25) is 0 Å². The van der Waals surface area contributed by atoms with Gasteiger partial charge in [-0.1, -0.05) is 6.58 Å². The fourth-order valence-electron chi connectivity index (χ4n) is 0.397. The van der Waals surface area contributed by atoms with Crippen LogP contribution >= 0.6 is 0 Å². The quantitative estimate of drug-likeness (QED) is 0.320. The van der Waals surface area contributed by atoms with Gasteiger partial charge in [0, 0.05) is 5.57 Å². The van der Waals surface area contributed by atoms with Gasteiger partial charge in [0.25, 0.3) is 0 Å². The maximum atomic E-state index is 11.1. The Morgan fingerprint density at radius 3 is 2.00 bits per heavy atom. The molecule has 4 heteroatoms. The van der Waals surface area contributed by atoms with E-state index in [9.17, 15) is 4.79 Å². The molecule has 0 radical (unpaired) electrons. The molecule has 0 rings (SSSR count). The van der Waals surface area contributed by atoms with Crippen molar-refractivity contribution >= 4 is 5.97 Å². The summed E-state index contributed by atoms with van der Waals surface area (Å²) in [5, 5.41) is 0. The summed E-state index contributed by atoms with van der Waals surface area (Å²) in [5.74, 6) is -0.339. The van der Waals surface area contributed by atoms with Crippen LogP contribution in [0.15, 0.2) is 12.2 Å². The number of hydrogen-bond acceptors (Lipinski definition) is 2. The van der Waals surface area contributed by atoms with Crippen LogP contribution < -0.4 is 12.4 Å². The van der Waals surface area contributed by atoms with Crippen LogP contribution in [0.5, 0.6) is 0 Å². The van der Waals surface area contributed by atoms with E-state index >= 15 is 0 Å². The fourth-order valence-corrected chi connectivity index (χ4v) is 0.397. The third kappa shape index (κ3) is 4.90. The molecular formula is C9H18ClNO2. The molecule has 0 fully saturated rings. The Morgan fingerprint density at radius 2 is 1.77 bits per heavy atom. The van der Waals surface area contributed by atoms with E-state index in [0.29, 0.717) is 5.57 Å². The van der Waals surface area contributed by atoms with Crippen molar-refractivity contribution in [3.63, 3.8) is 0 Å². The van der Waals surface area contributed by atoms with E-state index in [2.05, 4.69) is 6.58 Å². The SMILES string of the molecule is C=C(C)C(=O)O[N+](C)(C)C(C)C.[Cl-]. The van der Waals surface area contributed by atoms with Gasteiger partial charge in [-0.2, -0.15) is 0 Å². The largest absolute Gasteiger partial charge is 1.00 e. The number of nitrogens with zero attached hydrogens (tertiary/aromatic N) is 1. The Balaban J connectivity index is 0. The van der Waals surface area contributed by atoms with Crippen LogP contribution in [0.3, 0.4) is 0 Å². The predicted octanol–water partition coefficient (Wildman–Crippen LogP) is -1.49. The predicted molar refractivity (Wildman–Crippen MR) is 48.2 cm³/mol. The molecule has 0 saturated carbocycles. The van der Waals surface area contributed by atoms with Gasteiger partial charge < -0.3 is 12.4 Å². The van der Waals surface area contributed by atoms with Crippen LogP contribution in [-0.2, 0) is 9.63 Å². The molecule has 0 unspecified atom stereocenters. The number of rotatable bonds is 3. The summed E-state index contributed by atoms with van der Waals surface area (Å²) in [4.78, 5) is 16.3. The minimum Gasteiger partial charge on any atom is -1.00 e. The monoisotopic (exact) mass is 207 g/mol. The third-order valence-corrected chi connectivity index (χ3v) is 1.91. The molecule has 13 heavy (non-hydrogen) atoms. The van der Waals surface area contributed by atoms with Crippen LogP contribution in [0, 0.1) is 0 Å². The van der Waals surface area contributed by atoms with E-state index < -0.39 is 0 Å². The smallest absolute Gasteiger partial charge is 0.392 e. The van der Waals surface area contributed by atoms with Crippen molar-refractivity contribution in [2.24, 2.45) is 0 Å². The summed E-state index contributed by atoms with van der Waals surface area (Å²) in [7, 11) is 3.68. The van der Waals surface area contributed by atoms with Gasteiger partial charge in [-0.25, -0.2) is 4.79 Å². The highest BCUT2D eigenvalue weighted by atomic mass is 35.5. The topological polar surface area (TPSA) is 26.3 Å². The van der Waals surface area contributed by atoms with E-state index in [1.807, 2.05) is 27.9 Å². The Bertz CT molecular complexity index is 200. The lowest BCUT2D eigenvalue weighted by Crippen LogP contribution is -3.00. The average molecular weight is 208 g/mol. The molecule has 0 aromatic rings. The first-order valence-corrected chi connectivity index (χ1v) is 4.00. The highest BCUT2D eigenvalue weighted by molar-refractivity contribution is 5.86. The Labute approximate surface area is 86.3 Å². The molecule has 0 amide bonds. The van der Waals surface area contributed by atoms with Gasteiger partial charge in [-0.3, -0.25) is 4.84 Å². The summed E-state index contributed by atoms with van der Waals surface area (Å²) in [6, 6.07) is 0.244. The number of hydrogen-bond donors (Lipinski definition) is 0. The number of hydroxylamine groups is 3. The van der Waals surface area contributed by atoms with Crippen molar-refractivity contribution in [1.82, 2.24) is 0 Å². The lowest BCUT2D eigenvalue weighted by atomic mass is 10.3. The minimum atomic E-state index is -0.339. The van der Waals surface area contributed by atoms with Gasteiger partial charge in [-0.15, -0.1) is 4.65 Å². The molecule has 3 nitrogen and oxygen atoms in total. The third-order valence-electron chi connectivity index (χ3n) is 1.91. The normalized spacial score (nSPS) is 10.6. The maximum Gasteiger partial charge on any atom is 0.392 e. The molecular weight excluding hydrogens is 190 g/mol. The first-order chi connectivity index (χ1) is 5.27. The number of carbonyl (C=O) groups excluding carboxylic acids is 1. The minimum absolute atomic E-state index is 0. The van der Waals surface area contributed by atoms with Crippen LogP contribution in [0.1, 0.15) is 20.8 Å². The summed E-state index contributed by atoms with van der Waals surface area (Å²) in [6.45, 7) is 9.14. The van der Waals surface area contributed by atoms with E-state index in [0.717, 1.165) is 0 Å². The molecule has 0 N–H and O–H groups in total. The van der Waals surface area contributed by atoms with Gasteiger partial charge >= 0.3 is 5.97 Å². The van der Waals surface area contributed by atoms with E-state index in [-0.39, 0.29) is 29.1 Å². The number of carbonyl (C=O) groups is 1. The Morgan fingerprint density at radius 1 is 1.38 bits per heavy atom. The van der Waals surface area contributed by atoms with Gasteiger partial charge in [-0.05, 0) is 20.8 Å². The molecule has 0 bridgehead atoms. The lowest BCUT2D eigenvalue weighted by molar-refractivity contribution is -1.08. The molecule has 0 spiro atoms. The zero-order valence-corrected chi connectivity index (χ0v) is 9.68. The Hall–Kier alpha value is -0.540. The summed E-state index contributed by atoms with van der Waals surface area (Å²) >= 11 is 0. The molecule has 0 atom stereocenters. The number of halogens is 1. The van der Waals surface area contributed by atoms with Crippen LogP contribution in [0.4, 0.5) is 0 Å². The highest BCUT2D eigenvalue weighted by Gasteiger charge is 2.26. The van der Waals surface area contributed by atoms with E-state index in [1.165, 1.54) is 0 Å². The number of quaternary nitrogens is 1. The van der Waals surface area contributed by atoms with Crippen molar-refractivity contribution in [3.8, 4) is 0 Å². The zero-order valence-electron chi connectivity index (χ0n) is 8.93. The molecule has 78 valence electrons. The first kappa shape index (κ1) is 15.0. The highest BCUT2D eigenvalue weighted by Crippen LogP contribution is 2.08. The second-order valence-corrected chi connectivity index (χ2v) is 3.69. The average Bonchev–Trinajstić information content (AvgIpc) is 1.85. The summed E-state index contributed by atoms with van der Waals surface area (Å²) < 4.78 is 0.228. The fraction of sp³-hybridized carbons (Fsp3) is 0.667. The van der Waals surface area contributed by atoms with Crippen molar-refractivity contribution in [3.05, 3.63) is 12.2 Å². The molecule has 0 aromatic heterocycles. The standard InChI is InChI=1S/C9H18NO2.ClH/c1-7(2)9(11)12-10(5,6)8(3)4;/h8H,1H2,2-6H3;1H/q+1;/p-1. The maximum absolute atomic E-state index is 11.1. The molecule has 0 saturated heterocycles. The van der Waals surface area contributed by atoms with Crippen molar-refractivity contribution in [2.75, 3.05) is 14.1 Å². The van der Waals surface area contributed by atoms with Crippen molar-refractivity contribution in [1.29, 1.82) is 0 Å². The van der Waals surface area contributed by atoms with Gasteiger partial charge in [0.05, 0.1) is 0 Å². The Kier molecular flexibility index (Phi) is 6.04.